The number of nitrogens with zero attached hydrogens (tertiary/aromatic N) is 3. The number of fused-ring (bicyclic) bond motifs is 1. The Kier molecular flexibility index (Phi) is 7.22. The standard InChI is InChI=1S/C18H27IN3O6PS2/c1-5-27-16(24)13-12-6-9-22(15(23)14(12)21(4)20-13)10-18(7-8-18)31(25,26)17(2,3)11-28-30-29-19/h29H,5-11H2,1-4H3/i29T. The number of aromatic nitrogens is 2. The number of halogens is 1. The van der Waals surface area contributed by atoms with Crippen LogP contribution in [0.25, 0.3) is 0 Å². The Morgan fingerprint density at radius 3 is 2.71 bits per heavy atom. The number of carbonyl (C=O) groups excluding carboxylic acids is 2. The van der Waals surface area contributed by atoms with Gasteiger partial charge in [-0.2, -0.15) is 5.10 Å². The summed E-state index contributed by atoms with van der Waals surface area (Å²) >= 11 is 2.92. The van der Waals surface area contributed by atoms with Crippen molar-refractivity contribution in [3.05, 3.63) is 17.0 Å². The normalized spacial score (nSPS) is 19.6. The molecule has 31 heavy (non-hydrogen) atoms. The van der Waals surface area contributed by atoms with Crippen molar-refractivity contribution in [2.75, 3.05) is 26.3 Å². The van der Waals surface area contributed by atoms with Crippen LogP contribution in [0.15, 0.2) is 0 Å². The van der Waals surface area contributed by atoms with Gasteiger partial charge in [0.2, 0.25) is 0 Å². The van der Waals surface area contributed by atoms with Crippen LogP contribution in [0, 0.1) is 0 Å². The van der Waals surface area contributed by atoms with Crippen molar-refractivity contribution in [2.24, 2.45) is 7.05 Å². The van der Waals surface area contributed by atoms with Gasteiger partial charge in [0, 0.05) is 42.7 Å². The van der Waals surface area contributed by atoms with Gasteiger partial charge in [-0.3, -0.25) is 9.48 Å². The number of rotatable bonds is 10. The zero-order valence-corrected chi connectivity index (χ0v) is 22.6. The van der Waals surface area contributed by atoms with Gasteiger partial charge in [-0.25, -0.2) is 13.2 Å². The highest BCUT2D eigenvalue weighted by Gasteiger charge is 2.61. The van der Waals surface area contributed by atoms with Gasteiger partial charge < -0.3 is 13.8 Å². The maximum absolute atomic E-state index is 13.5. The Morgan fingerprint density at radius 1 is 1.45 bits per heavy atom. The molecule has 174 valence electrons. The van der Waals surface area contributed by atoms with Crippen molar-refractivity contribution >= 4 is 60.8 Å². The van der Waals surface area contributed by atoms with E-state index in [0.29, 0.717) is 37.1 Å². The molecule has 1 aliphatic heterocycles. The fourth-order valence-corrected chi connectivity index (χ4v) is 8.05. The summed E-state index contributed by atoms with van der Waals surface area (Å²) in [6, 6.07) is 0. The molecule has 1 aliphatic carbocycles. The number of esters is 1. The van der Waals surface area contributed by atoms with Gasteiger partial charge >= 0.3 is 5.97 Å². The molecular formula is C18H27IN3O6PS2. The monoisotopic (exact) mass is 605 g/mol. The number of carbonyl (C=O) groups is 2. The van der Waals surface area contributed by atoms with E-state index in [1.54, 1.807) is 32.7 Å². The summed E-state index contributed by atoms with van der Waals surface area (Å²) < 4.78 is 44.3. The molecule has 9 nitrogen and oxygen atoms in total. The summed E-state index contributed by atoms with van der Waals surface area (Å²) in [7, 11) is -2.04. The predicted octanol–water partition coefficient (Wildman–Crippen LogP) is 2.93. The Bertz CT molecular complexity index is 1010. The van der Waals surface area contributed by atoms with Gasteiger partial charge in [0.05, 0.1) is 24.0 Å². The number of ether oxygens (including phenoxy) is 1. The van der Waals surface area contributed by atoms with Gasteiger partial charge in [0.1, 0.15) is 5.69 Å². The fourth-order valence-electron chi connectivity index (χ4n) is 3.94. The van der Waals surface area contributed by atoms with Crippen LogP contribution >= 0.6 is 39.1 Å². The van der Waals surface area contributed by atoms with Crippen LogP contribution in [0.5, 0.6) is 0 Å². The molecule has 1 saturated carbocycles. The summed E-state index contributed by atoms with van der Waals surface area (Å²) in [6.45, 7) is 5.56. The highest BCUT2D eigenvalue weighted by Crippen LogP contribution is 2.50. The minimum atomic E-state index is -3.64. The predicted molar refractivity (Wildman–Crippen MR) is 130 cm³/mol. The molecule has 13 heteroatoms. The van der Waals surface area contributed by atoms with E-state index in [9.17, 15) is 18.0 Å². The minimum absolute atomic E-state index is 0.0226. The Labute approximate surface area is 202 Å². The highest BCUT2D eigenvalue weighted by atomic mass is 127. The molecule has 0 radical (unpaired) electrons. The summed E-state index contributed by atoms with van der Waals surface area (Å²) in [5.41, 5.74) is 1.00. The molecule has 0 bridgehead atoms. The van der Waals surface area contributed by atoms with E-state index in [4.69, 9.17) is 10.2 Å². The molecule has 1 aromatic rings. The van der Waals surface area contributed by atoms with E-state index >= 15 is 0 Å². The maximum Gasteiger partial charge on any atom is 0.359 e. The van der Waals surface area contributed by atoms with E-state index in [0.717, 1.165) is 11.7 Å². The van der Waals surface area contributed by atoms with Gasteiger partial charge in [-0.1, -0.05) is 0 Å². The third-order valence-corrected chi connectivity index (χ3v) is 11.3. The third-order valence-electron chi connectivity index (χ3n) is 5.81. The molecule has 1 amide bonds. The summed E-state index contributed by atoms with van der Waals surface area (Å²) in [5, 5.41) is 3.06. The van der Waals surface area contributed by atoms with Crippen LogP contribution in [0.2, 0.25) is 0 Å². The smallest absolute Gasteiger partial charge is 0.359 e. The molecular weight excluding hydrogens is 576 g/mol. The van der Waals surface area contributed by atoms with Crippen LogP contribution in [0.3, 0.4) is 0 Å². The number of sulfone groups is 1. The van der Waals surface area contributed by atoms with Crippen molar-refractivity contribution in [3.63, 3.8) is 0 Å². The third kappa shape index (κ3) is 4.64. The second-order valence-electron chi connectivity index (χ2n) is 8.35. The summed E-state index contributed by atoms with van der Waals surface area (Å²) in [6.07, 6.45) is 1.38. The largest absolute Gasteiger partial charge is 0.461 e. The zero-order valence-electron chi connectivity index (χ0n) is 18.9. The fraction of sp³-hybridized carbons (Fsp3) is 0.722. The second-order valence-corrected chi connectivity index (χ2v) is 16.3. The maximum atomic E-state index is 13.5. The number of hydrogen-bond donors (Lipinski definition) is 0. The minimum Gasteiger partial charge on any atom is -0.461 e. The quantitative estimate of drug-likeness (QED) is 0.174. The van der Waals surface area contributed by atoms with Gasteiger partial charge in [-0.05, 0) is 62.1 Å². The summed E-state index contributed by atoms with van der Waals surface area (Å²) in [4.78, 5) is 27.0. The lowest BCUT2D eigenvalue weighted by Gasteiger charge is -2.35. The van der Waals surface area contributed by atoms with Gasteiger partial charge in [-0.15, -0.1) is 0 Å². The topological polar surface area (TPSA) is 108 Å². The average molecular weight is 605 g/mol. The molecule has 3 rings (SSSR count). The molecule has 0 spiro atoms. The lowest BCUT2D eigenvalue weighted by atomic mass is 10.0. The van der Waals surface area contributed by atoms with Crippen molar-refractivity contribution in [1.82, 2.24) is 14.7 Å². The molecule has 1 atom stereocenters. The molecule has 1 fully saturated rings. The van der Waals surface area contributed by atoms with Crippen molar-refractivity contribution in [1.29, 1.82) is 1.28 Å². The first-order valence-electron chi connectivity index (χ1n) is 10.3. The van der Waals surface area contributed by atoms with E-state index < -0.39 is 30.7 Å². The molecule has 0 N–H and O–H groups in total. The van der Waals surface area contributed by atoms with E-state index in [2.05, 4.69) is 5.10 Å². The number of amides is 1. The van der Waals surface area contributed by atoms with Crippen LogP contribution in [-0.4, -0.2) is 72.1 Å². The van der Waals surface area contributed by atoms with Crippen LogP contribution in [-0.2, 0) is 32.2 Å². The Balaban J connectivity index is 1.79. The molecule has 0 aromatic carbocycles. The molecule has 1 aromatic heterocycles. The molecule has 2 heterocycles. The first kappa shape index (κ1) is 23.7. The second kappa shape index (κ2) is 9.44. The van der Waals surface area contributed by atoms with E-state index in [1.165, 1.54) is 4.68 Å². The van der Waals surface area contributed by atoms with Gasteiger partial charge in [0.25, 0.3) is 5.91 Å². The Hall–Kier alpha value is -0.430. The van der Waals surface area contributed by atoms with Crippen LogP contribution < -0.4 is 0 Å². The highest BCUT2D eigenvalue weighted by molar-refractivity contribution is 14.2. The zero-order chi connectivity index (χ0) is 23.9. The van der Waals surface area contributed by atoms with Crippen molar-refractivity contribution < 1.29 is 26.9 Å². The molecule has 1 unspecified atom stereocenters. The lowest BCUT2D eigenvalue weighted by molar-refractivity contribution is 0.0517. The average Bonchev–Trinajstić information content (AvgIpc) is 3.40. The SMILES string of the molecule is [3H]P(I)SOCC(C)(C)S(=O)(=O)C1(CN2CCc3c(C(=O)OCC)nn(C)c3C2=O)CC1. The van der Waals surface area contributed by atoms with E-state index in [-0.39, 0.29) is 31.4 Å². The van der Waals surface area contributed by atoms with Gasteiger partial charge in [0.15, 0.2) is 15.5 Å². The molecule has 0 saturated heterocycles. The first-order valence-corrected chi connectivity index (χ1v) is 16.4. The van der Waals surface area contributed by atoms with E-state index in [1.807, 2.05) is 22.0 Å². The number of aryl methyl sites for hydroxylation is 1. The summed E-state index contributed by atoms with van der Waals surface area (Å²) in [5.74, 6) is -0.887. The molecule has 2 aliphatic rings. The lowest BCUT2D eigenvalue weighted by Crippen LogP contribution is -2.51. The van der Waals surface area contributed by atoms with Crippen molar-refractivity contribution in [2.45, 2.75) is 49.5 Å². The number of hydrogen-bond acceptors (Lipinski definition) is 8. The Morgan fingerprint density at radius 2 is 2.13 bits per heavy atom. The van der Waals surface area contributed by atoms with Crippen LogP contribution in [0.1, 0.15) is 60.2 Å². The van der Waals surface area contributed by atoms with Crippen LogP contribution in [0.4, 0.5) is 0 Å². The van der Waals surface area contributed by atoms with Crippen molar-refractivity contribution in [3.8, 4) is 0 Å². The first-order chi connectivity index (χ1) is 14.9.